The Morgan fingerprint density at radius 2 is 2.00 bits per heavy atom. The zero-order chi connectivity index (χ0) is 10.1. The van der Waals surface area contributed by atoms with Crippen molar-refractivity contribution in [2.45, 2.75) is 10.8 Å². The Hall–Kier alpha value is -0.290. The molecule has 72 valence electrons. The van der Waals surface area contributed by atoms with Crippen LogP contribution in [-0.2, 0) is 16.0 Å². The first kappa shape index (κ1) is 10.8. The monoisotopic (exact) mass is 240 g/mol. The van der Waals surface area contributed by atoms with Crippen molar-refractivity contribution in [1.82, 2.24) is 0 Å². The van der Waals surface area contributed by atoms with Crippen LogP contribution < -0.4 is 0 Å². The molecule has 13 heavy (non-hydrogen) atoms. The molecule has 0 aromatic heterocycles. The van der Waals surface area contributed by atoms with Gasteiger partial charge in [0.05, 0.1) is 4.90 Å². The summed E-state index contributed by atoms with van der Waals surface area (Å²) in [5.74, 6) is 0.199. The maximum atomic E-state index is 10.6. The standard InChI is InChI=1S/C7H6Cl2O3S/c8-4-5-1-2-6(3-7(5)9)13(10,11)12/h1-3H,4H2,(H,10,11,12). The lowest BCUT2D eigenvalue weighted by atomic mass is 10.2. The molecule has 0 atom stereocenters. The number of rotatable bonds is 2. The predicted molar refractivity (Wildman–Crippen MR) is 50.8 cm³/mol. The van der Waals surface area contributed by atoms with Gasteiger partial charge >= 0.3 is 0 Å². The highest BCUT2D eigenvalue weighted by Crippen LogP contribution is 2.21. The molecule has 0 spiro atoms. The molecule has 6 heteroatoms. The van der Waals surface area contributed by atoms with E-state index >= 15 is 0 Å². The van der Waals surface area contributed by atoms with Gasteiger partial charge in [0.2, 0.25) is 0 Å². The second-order valence-corrected chi connectivity index (χ2v) is 4.46. The highest BCUT2D eigenvalue weighted by molar-refractivity contribution is 7.85. The van der Waals surface area contributed by atoms with Crippen LogP contribution in [0.1, 0.15) is 5.56 Å². The van der Waals surface area contributed by atoms with E-state index in [0.29, 0.717) is 5.56 Å². The largest absolute Gasteiger partial charge is 0.294 e. The minimum atomic E-state index is -4.18. The zero-order valence-electron chi connectivity index (χ0n) is 6.37. The van der Waals surface area contributed by atoms with Gasteiger partial charge in [-0.1, -0.05) is 17.7 Å². The van der Waals surface area contributed by atoms with Gasteiger partial charge in [0, 0.05) is 10.9 Å². The van der Waals surface area contributed by atoms with Crippen molar-refractivity contribution >= 4 is 33.3 Å². The average Bonchev–Trinajstić information content (AvgIpc) is 2.02. The molecule has 0 unspecified atom stereocenters. The number of hydrogen-bond donors (Lipinski definition) is 1. The van der Waals surface area contributed by atoms with Gasteiger partial charge in [-0.3, -0.25) is 4.55 Å². The van der Waals surface area contributed by atoms with Gasteiger partial charge in [-0.15, -0.1) is 11.6 Å². The van der Waals surface area contributed by atoms with Crippen molar-refractivity contribution in [3.05, 3.63) is 28.8 Å². The summed E-state index contributed by atoms with van der Waals surface area (Å²) in [6.07, 6.45) is 0. The van der Waals surface area contributed by atoms with E-state index in [1.54, 1.807) is 0 Å². The van der Waals surface area contributed by atoms with Crippen molar-refractivity contribution in [2.24, 2.45) is 0 Å². The topological polar surface area (TPSA) is 54.4 Å². The number of hydrogen-bond acceptors (Lipinski definition) is 2. The molecule has 0 fully saturated rings. The van der Waals surface area contributed by atoms with E-state index in [9.17, 15) is 8.42 Å². The lowest BCUT2D eigenvalue weighted by Gasteiger charge is -2.01. The minimum Gasteiger partial charge on any atom is -0.282 e. The third-order valence-electron chi connectivity index (χ3n) is 1.47. The van der Waals surface area contributed by atoms with E-state index in [4.69, 9.17) is 27.8 Å². The fourth-order valence-corrected chi connectivity index (χ4v) is 1.92. The molecule has 0 aliphatic heterocycles. The highest BCUT2D eigenvalue weighted by atomic mass is 35.5. The van der Waals surface area contributed by atoms with Crippen LogP contribution in [-0.4, -0.2) is 13.0 Å². The molecule has 1 aromatic carbocycles. The van der Waals surface area contributed by atoms with Crippen molar-refractivity contribution in [3.63, 3.8) is 0 Å². The number of alkyl halides is 1. The molecular weight excluding hydrogens is 235 g/mol. The Labute approximate surface area is 86.0 Å². The Morgan fingerprint density at radius 1 is 1.38 bits per heavy atom. The second kappa shape index (κ2) is 3.84. The first-order chi connectivity index (χ1) is 5.95. The molecule has 0 saturated heterocycles. The van der Waals surface area contributed by atoms with Gasteiger partial charge in [-0.25, -0.2) is 0 Å². The fraction of sp³-hybridized carbons (Fsp3) is 0.143. The smallest absolute Gasteiger partial charge is 0.282 e. The normalized spacial score (nSPS) is 11.6. The van der Waals surface area contributed by atoms with Crippen molar-refractivity contribution in [1.29, 1.82) is 0 Å². The van der Waals surface area contributed by atoms with Crippen LogP contribution in [0.3, 0.4) is 0 Å². The summed E-state index contributed by atoms with van der Waals surface area (Å²) in [4.78, 5) is -0.230. The zero-order valence-corrected chi connectivity index (χ0v) is 8.70. The van der Waals surface area contributed by atoms with Gasteiger partial charge in [0.25, 0.3) is 10.1 Å². The van der Waals surface area contributed by atoms with E-state index in [1.807, 2.05) is 0 Å². The minimum absolute atomic E-state index is 0.199. The molecule has 0 bridgehead atoms. The van der Waals surface area contributed by atoms with Gasteiger partial charge in [0.1, 0.15) is 0 Å². The lowest BCUT2D eigenvalue weighted by Crippen LogP contribution is -1.98. The summed E-state index contributed by atoms with van der Waals surface area (Å²) in [5.41, 5.74) is 0.621. The fourth-order valence-electron chi connectivity index (χ4n) is 0.797. The van der Waals surface area contributed by atoms with Crippen LogP contribution in [0.2, 0.25) is 5.02 Å². The Morgan fingerprint density at radius 3 is 2.38 bits per heavy atom. The Kier molecular flexibility index (Phi) is 3.18. The second-order valence-electron chi connectivity index (χ2n) is 2.36. The summed E-state index contributed by atoms with van der Waals surface area (Å²) < 4.78 is 30.0. The molecule has 0 saturated carbocycles. The summed E-state index contributed by atoms with van der Waals surface area (Å²) in [6, 6.07) is 3.87. The molecule has 0 amide bonds. The van der Waals surface area contributed by atoms with Gasteiger partial charge in [-0.2, -0.15) is 8.42 Å². The van der Waals surface area contributed by atoms with Crippen LogP contribution in [0.5, 0.6) is 0 Å². The SMILES string of the molecule is O=S(=O)(O)c1ccc(CCl)c(Cl)c1. The highest BCUT2D eigenvalue weighted by Gasteiger charge is 2.11. The maximum absolute atomic E-state index is 10.6. The molecule has 0 aliphatic rings. The molecule has 1 aromatic rings. The van der Waals surface area contributed by atoms with Gasteiger partial charge in [0.15, 0.2) is 0 Å². The Bertz CT molecular complexity index is 414. The van der Waals surface area contributed by atoms with E-state index < -0.39 is 10.1 Å². The molecule has 0 aliphatic carbocycles. The van der Waals surface area contributed by atoms with E-state index in [0.717, 1.165) is 6.07 Å². The number of halogens is 2. The molecule has 0 radical (unpaired) electrons. The third kappa shape index (κ3) is 2.57. The van der Waals surface area contributed by atoms with Crippen LogP contribution in [0.4, 0.5) is 0 Å². The summed E-state index contributed by atoms with van der Waals surface area (Å²) in [6.45, 7) is 0. The maximum Gasteiger partial charge on any atom is 0.294 e. The molecule has 0 heterocycles. The van der Waals surface area contributed by atoms with E-state index in [-0.39, 0.29) is 15.8 Å². The summed E-state index contributed by atoms with van der Waals surface area (Å²) >= 11 is 11.2. The van der Waals surface area contributed by atoms with E-state index in [1.165, 1.54) is 12.1 Å². The summed E-state index contributed by atoms with van der Waals surface area (Å²) in [7, 11) is -4.18. The van der Waals surface area contributed by atoms with Crippen LogP contribution >= 0.6 is 23.2 Å². The van der Waals surface area contributed by atoms with Gasteiger partial charge in [-0.05, 0) is 17.7 Å². The lowest BCUT2D eigenvalue weighted by molar-refractivity contribution is 0.483. The summed E-state index contributed by atoms with van der Waals surface area (Å²) in [5, 5.41) is 0.227. The van der Waals surface area contributed by atoms with Crippen LogP contribution in [0.25, 0.3) is 0 Å². The predicted octanol–water partition coefficient (Wildman–Crippen LogP) is 2.33. The molecular formula is C7H6Cl2O3S. The molecule has 3 nitrogen and oxygen atoms in total. The molecule has 1 rings (SSSR count). The average molecular weight is 241 g/mol. The number of benzene rings is 1. The Balaban J connectivity index is 3.26. The first-order valence-electron chi connectivity index (χ1n) is 3.27. The van der Waals surface area contributed by atoms with Gasteiger partial charge < -0.3 is 0 Å². The quantitative estimate of drug-likeness (QED) is 0.638. The van der Waals surface area contributed by atoms with Crippen LogP contribution in [0.15, 0.2) is 23.1 Å². The van der Waals surface area contributed by atoms with Crippen LogP contribution in [0, 0.1) is 0 Å². The van der Waals surface area contributed by atoms with E-state index in [2.05, 4.69) is 0 Å². The van der Waals surface area contributed by atoms with Crippen molar-refractivity contribution in [3.8, 4) is 0 Å². The third-order valence-corrected chi connectivity index (χ3v) is 2.96. The molecule has 1 N–H and O–H groups in total. The first-order valence-corrected chi connectivity index (χ1v) is 5.62. The van der Waals surface area contributed by atoms with Crippen molar-refractivity contribution < 1.29 is 13.0 Å². The van der Waals surface area contributed by atoms with Crippen molar-refractivity contribution in [2.75, 3.05) is 0 Å².